The molecule has 0 amide bonds. The van der Waals surface area contributed by atoms with Crippen LogP contribution < -0.4 is 5.56 Å². The number of hydrogen-bond acceptors (Lipinski definition) is 4. The van der Waals surface area contributed by atoms with E-state index in [0.29, 0.717) is 17.6 Å². The molecule has 2 aromatic carbocycles. The number of phenolic OH excluding ortho intramolecular Hbond substituents is 1. The topological polar surface area (TPSA) is 68.5 Å². The van der Waals surface area contributed by atoms with Gasteiger partial charge in [0.1, 0.15) is 5.75 Å². The van der Waals surface area contributed by atoms with Gasteiger partial charge in [-0.25, -0.2) is 0 Å². The SMILES string of the molecule is COC(=O)Cc1cc2ccc(O)cc2n(Cc2ccccc2)c1=O. The molecular weight excluding hydrogens is 306 g/mol. The van der Waals surface area contributed by atoms with Gasteiger partial charge in [0.05, 0.1) is 25.6 Å². The summed E-state index contributed by atoms with van der Waals surface area (Å²) < 4.78 is 6.24. The highest BCUT2D eigenvalue weighted by molar-refractivity contribution is 5.82. The second kappa shape index (κ2) is 6.58. The van der Waals surface area contributed by atoms with E-state index in [2.05, 4.69) is 4.74 Å². The second-order valence-electron chi connectivity index (χ2n) is 5.54. The Bertz CT molecular complexity index is 945. The number of hydrogen-bond donors (Lipinski definition) is 1. The van der Waals surface area contributed by atoms with E-state index in [1.165, 1.54) is 7.11 Å². The number of rotatable bonds is 4. The number of phenols is 1. The first-order valence-corrected chi connectivity index (χ1v) is 7.54. The summed E-state index contributed by atoms with van der Waals surface area (Å²) in [5.41, 5.74) is 1.69. The van der Waals surface area contributed by atoms with Gasteiger partial charge in [0, 0.05) is 11.6 Å². The van der Waals surface area contributed by atoms with Crippen LogP contribution in [-0.2, 0) is 22.5 Å². The zero-order valence-corrected chi connectivity index (χ0v) is 13.2. The van der Waals surface area contributed by atoms with Crippen molar-refractivity contribution < 1.29 is 14.6 Å². The van der Waals surface area contributed by atoms with Gasteiger partial charge in [-0.15, -0.1) is 0 Å². The number of nitrogens with zero attached hydrogens (tertiary/aromatic N) is 1. The molecule has 1 N–H and O–H groups in total. The van der Waals surface area contributed by atoms with Gasteiger partial charge in [0.25, 0.3) is 5.56 Å². The zero-order chi connectivity index (χ0) is 17.1. The van der Waals surface area contributed by atoms with Gasteiger partial charge in [-0.1, -0.05) is 30.3 Å². The summed E-state index contributed by atoms with van der Waals surface area (Å²) in [5, 5.41) is 10.6. The fraction of sp³-hybridized carbons (Fsp3) is 0.158. The van der Waals surface area contributed by atoms with Crippen LogP contribution in [-0.4, -0.2) is 22.8 Å². The highest BCUT2D eigenvalue weighted by Gasteiger charge is 2.13. The van der Waals surface area contributed by atoms with Crippen LogP contribution in [0.3, 0.4) is 0 Å². The van der Waals surface area contributed by atoms with E-state index in [0.717, 1.165) is 10.9 Å². The molecule has 0 aliphatic rings. The Balaban J connectivity index is 2.19. The molecular formula is C19H17NO4. The predicted molar refractivity (Wildman–Crippen MR) is 91.1 cm³/mol. The molecule has 0 bridgehead atoms. The predicted octanol–water partition coefficient (Wildman–Crippen LogP) is 2.47. The van der Waals surface area contributed by atoms with Crippen molar-refractivity contribution in [2.45, 2.75) is 13.0 Å². The number of esters is 1. The smallest absolute Gasteiger partial charge is 0.310 e. The molecule has 3 aromatic rings. The largest absolute Gasteiger partial charge is 0.508 e. The van der Waals surface area contributed by atoms with Gasteiger partial charge in [-0.3, -0.25) is 9.59 Å². The third-order valence-electron chi connectivity index (χ3n) is 3.90. The number of methoxy groups -OCH3 is 1. The minimum absolute atomic E-state index is 0.0824. The lowest BCUT2D eigenvalue weighted by Gasteiger charge is -2.13. The van der Waals surface area contributed by atoms with Crippen LogP contribution in [0.5, 0.6) is 5.75 Å². The summed E-state index contributed by atoms with van der Waals surface area (Å²) in [7, 11) is 1.30. The van der Waals surface area contributed by atoms with Crippen molar-refractivity contribution in [3.8, 4) is 5.75 Å². The maximum atomic E-state index is 12.8. The molecule has 0 aliphatic carbocycles. The van der Waals surface area contributed by atoms with E-state index in [4.69, 9.17) is 0 Å². The molecule has 0 fully saturated rings. The van der Waals surface area contributed by atoms with Crippen LogP contribution in [0.25, 0.3) is 10.9 Å². The maximum Gasteiger partial charge on any atom is 0.310 e. The highest BCUT2D eigenvalue weighted by atomic mass is 16.5. The zero-order valence-electron chi connectivity index (χ0n) is 13.2. The number of carbonyl (C=O) groups is 1. The number of benzene rings is 2. The molecule has 0 atom stereocenters. The lowest BCUT2D eigenvalue weighted by atomic mass is 10.1. The summed E-state index contributed by atoms with van der Waals surface area (Å²) in [4.78, 5) is 24.4. The van der Waals surface area contributed by atoms with Gasteiger partial charge in [-0.05, 0) is 29.1 Å². The Morgan fingerprint density at radius 3 is 2.58 bits per heavy atom. The van der Waals surface area contributed by atoms with E-state index in [9.17, 15) is 14.7 Å². The number of aromatic hydroxyl groups is 1. The molecule has 0 unspecified atom stereocenters. The summed E-state index contributed by atoms with van der Waals surface area (Å²) in [5.74, 6) is -0.374. The second-order valence-corrected chi connectivity index (χ2v) is 5.54. The molecule has 1 aromatic heterocycles. The van der Waals surface area contributed by atoms with Crippen LogP contribution in [0, 0.1) is 0 Å². The molecule has 5 heteroatoms. The van der Waals surface area contributed by atoms with Crippen molar-refractivity contribution in [3.05, 3.63) is 76.1 Å². The Morgan fingerprint density at radius 1 is 1.12 bits per heavy atom. The van der Waals surface area contributed by atoms with Gasteiger partial charge < -0.3 is 14.4 Å². The van der Waals surface area contributed by atoms with Crippen LogP contribution in [0.1, 0.15) is 11.1 Å². The minimum Gasteiger partial charge on any atom is -0.508 e. The van der Waals surface area contributed by atoms with E-state index in [1.54, 1.807) is 28.8 Å². The van der Waals surface area contributed by atoms with Gasteiger partial charge in [-0.2, -0.15) is 0 Å². The highest BCUT2D eigenvalue weighted by Crippen LogP contribution is 2.20. The van der Waals surface area contributed by atoms with Crippen molar-refractivity contribution in [1.82, 2.24) is 4.57 Å². The lowest BCUT2D eigenvalue weighted by Crippen LogP contribution is -2.26. The molecule has 0 aliphatic heterocycles. The molecule has 122 valence electrons. The molecule has 0 radical (unpaired) electrons. The van der Waals surface area contributed by atoms with Crippen molar-refractivity contribution >= 4 is 16.9 Å². The molecule has 3 rings (SSSR count). The number of ether oxygens (including phenoxy) is 1. The maximum absolute atomic E-state index is 12.8. The normalized spacial score (nSPS) is 10.7. The van der Waals surface area contributed by atoms with Crippen molar-refractivity contribution in [1.29, 1.82) is 0 Å². The number of pyridine rings is 1. The van der Waals surface area contributed by atoms with Crippen LogP contribution in [0.15, 0.2) is 59.4 Å². The van der Waals surface area contributed by atoms with Gasteiger partial charge in [0.15, 0.2) is 0 Å². The monoisotopic (exact) mass is 323 g/mol. The Hall–Kier alpha value is -3.08. The van der Waals surface area contributed by atoms with Crippen molar-refractivity contribution in [2.24, 2.45) is 0 Å². The molecule has 24 heavy (non-hydrogen) atoms. The van der Waals surface area contributed by atoms with E-state index in [-0.39, 0.29) is 17.7 Å². The van der Waals surface area contributed by atoms with Crippen molar-refractivity contribution in [3.63, 3.8) is 0 Å². The quantitative estimate of drug-likeness (QED) is 0.749. The van der Waals surface area contributed by atoms with Crippen molar-refractivity contribution in [2.75, 3.05) is 7.11 Å². The Morgan fingerprint density at radius 2 is 1.88 bits per heavy atom. The molecule has 5 nitrogen and oxygen atoms in total. The van der Waals surface area contributed by atoms with Crippen LogP contribution >= 0.6 is 0 Å². The molecule has 0 saturated carbocycles. The van der Waals surface area contributed by atoms with Crippen LogP contribution in [0.2, 0.25) is 0 Å². The molecule has 0 spiro atoms. The number of aromatic nitrogens is 1. The first-order valence-electron chi connectivity index (χ1n) is 7.54. The average Bonchev–Trinajstić information content (AvgIpc) is 2.60. The van der Waals surface area contributed by atoms with E-state index in [1.807, 2.05) is 30.3 Å². The van der Waals surface area contributed by atoms with E-state index < -0.39 is 5.97 Å². The lowest BCUT2D eigenvalue weighted by molar-refractivity contribution is -0.139. The number of carbonyl (C=O) groups excluding carboxylic acids is 1. The molecule has 1 heterocycles. The summed E-state index contributed by atoms with van der Waals surface area (Å²) >= 11 is 0. The molecule has 0 saturated heterocycles. The Kier molecular flexibility index (Phi) is 4.33. The third kappa shape index (κ3) is 3.15. The number of fused-ring (bicyclic) bond motifs is 1. The first kappa shape index (κ1) is 15.8. The van der Waals surface area contributed by atoms with Gasteiger partial charge in [0.2, 0.25) is 0 Å². The fourth-order valence-electron chi connectivity index (χ4n) is 2.70. The fourth-order valence-corrected chi connectivity index (χ4v) is 2.70. The van der Waals surface area contributed by atoms with Crippen LogP contribution in [0.4, 0.5) is 0 Å². The summed E-state index contributed by atoms with van der Waals surface area (Å²) in [6.45, 7) is 0.356. The van der Waals surface area contributed by atoms with Gasteiger partial charge >= 0.3 is 5.97 Å². The average molecular weight is 323 g/mol. The first-order chi connectivity index (χ1) is 11.6. The standard InChI is InChI=1S/C19H17NO4/c1-24-18(22)10-15-9-14-7-8-16(21)11-17(14)20(19(15)23)12-13-5-3-2-4-6-13/h2-9,11,21H,10,12H2,1H3. The summed E-state index contributed by atoms with van der Waals surface area (Å²) in [6.07, 6.45) is -0.0824. The Labute approximate surface area is 138 Å². The minimum atomic E-state index is -0.462. The third-order valence-corrected chi connectivity index (χ3v) is 3.90. The summed E-state index contributed by atoms with van der Waals surface area (Å²) in [6, 6.07) is 16.1. The van der Waals surface area contributed by atoms with E-state index >= 15 is 0 Å².